The highest BCUT2D eigenvalue weighted by molar-refractivity contribution is 5.54. The van der Waals surface area contributed by atoms with Crippen molar-refractivity contribution in [2.24, 2.45) is 5.92 Å². The second-order valence-corrected chi connectivity index (χ2v) is 6.48. The number of nitrogen functional groups attached to an aromatic ring is 1. The van der Waals surface area contributed by atoms with E-state index in [1.807, 2.05) is 11.0 Å². The van der Waals surface area contributed by atoms with E-state index in [1.54, 1.807) is 0 Å². The lowest BCUT2D eigenvalue weighted by molar-refractivity contribution is 0.0546. The van der Waals surface area contributed by atoms with Gasteiger partial charge in [-0.15, -0.1) is 0 Å². The number of aliphatic hydroxyl groups is 2. The summed E-state index contributed by atoms with van der Waals surface area (Å²) >= 11 is 0. The lowest BCUT2D eigenvalue weighted by Crippen LogP contribution is -2.46. The molecule has 2 fully saturated rings. The molecule has 4 N–H and O–H groups in total. The molecule has 0 amide bonds. The number of likely N-dealkylation sites (N-methyl/N-ethyl adjacent to an activating group) is 1. The van der Waals surface area contributed by atoms with Crippen LogP contribution in [0.1, 0.15) is 6.42 Å². The molecule has 0 aliphatic carbocycles. The highest BCUT2D eigenvalue weighted by atomic mass is 16.3. The van der Waals surface area contributed by atoms with Gasteiger partial charge in [0.2, 0.25) is 5.95 Å². The third-order valence-electron chi connectivity index (χ3n) is 4.82. The first-order valence-corrected chi connectivity index (χ1v) is 8.18. The van der Waals surface area contributed by atoms with Crippen molar-refractivity contribution < 1.29 is 10.2 Å². The molecule has 2 aliphatic heterocycles. The highest BCUT2D eigenvalue weighted by Crippen LogP contribution is 2.25. The topological polar surface area (TPSA) is 102 Å². The van der Waals surface area contributed by atoms with Crippen LogP contribution < -0.4 is 15.5 Å². The Bertz CT molecular complexity index is 535. The number of hydrogen-bond acceptors (Lipinski definition) is 8. The van der Waals surface area contributed by atoms with Crippen molar-refractivity contribution in [1.29, 1.82) is 0 Å². The van der Waals surface area contributed by atoms with Crippen LogP contribution in [-0.4, -0.2) is 84.1 Å². The van der Waals surface area contributed by atoms with Crippen LogP contribution >= 0.6 is 0 Å². The number of anilines is 3. The van der Waals surface area contributed by atoms with Gasteiger partial charge in [-0.2, -0.15) is 9.97 Å². The first-order chi connectivity index (χ1) is 11.1. The second kappa shape index (κ2) is 6.86. The maximum absolute atomic E-state index is 10.1. The summed E-state index contributed by atoms with van der Waals surface area (Å²) in [5.41, 5.74) is 5.90. The molecule has 0 aromatic carbocycles. The average Bonchev–Trinajstić information content (AvgIpc) is 2.55. The second-order valence-electron chi connectivity index (χ2n) is 6.48. The normalized spacial score (nSPS) is 26.6. The van der Waals surface area contributed by atoms with Crippen LogP contribution in [-0.2, 0) is 0 Å². The monoisotopic (exact) mass is 322 g/mol. The Kier molecular flexibility index (Phi) is 4.84. The molecular weight excluding hydrogens is 296 g/mol. The van der Waals surface area contributed by atoms with Gasteiger partial charge < -0.3 is 30.6 Å². The van der Waals surface area contributed by atoms with Gasteiger partial charge in [0.05, 0.1) is 6.10 Å². The molecule has 1 aromatic rings. The standard InChI is InChI=1S/C15H26N6O2/c1-19-4-6-20(7-5-19)13-8-14(18-15(16)17-13)21-3-2-11(10-22)12(23)9-21/h8,11-12,22-23H,2-7,9-10H2,1H3,(H2,16,17,18)/t11-,12-/m1/s1. The van der Waals surface area contributed by atoms with E-state index >= 15 is 0 Å². The summed E-state index contributed by atoms with van der Waals surface area (Å²) in [5.74, 6) is 1.80. The molecule has 8 heteroatoms. The van der Waals surface area contributed by atoms with Gasteiger partial charge in [-0.25, -0.2) is 0 Å². The van der Waals surface area contributed by atoms with Gasteiger partial charge in [0.15, 0.2) is 0 Å². The zero-order valence-corrected chi connectivity index (χ0v) is 13.6. The summed E-state index contributed by atoms with van der Waals surface area (Å²) in [6.07, 6.45) is 0.197. The quantitative estimate of drug-likeness (QED) is 0.651. The third kappa shape index (κ3) is 3.65. The zero-order valence-electron chi connectivity index (χ0n) is 13.6. The largest absolute Gasteiger partial charge is 0.396 e. The van der Waals surface area contributed by atoms with Gasteiger partial charge >= 0.3 is 0 Å². The number of piperazine rings is 1. The smallest absolute Gasteiger partial charge is 0.223 e. The van der Waals surface area contributed by atoms with Gasteiger partial charge in [0.25, 0.3) is 0 Å². The predicted octanol–water partition coefficient (Wildman–Crippen LogP) is -1.01. The van der Waals surface area contributed by atoms with Crippen molar-refractivity contribution in [2.75, 3.05) is 68.5 Å². The summed E-state index contributed by atoms with van der Waals surface area (Å²) in [4.78, 5) is 15.2. The van der Waals surface area contributed by atoms with E-state index in [0.29, 0.717) is 6.54 Å². The molecule has 3 rings (SSSR count). The van der Waals surface area contributed by atoms with Crippen molar-refractivity contribution in [3.8, 4) is 0 Å². The Morgan fingerprint density at radius 1 is 1.13 bits per heavy atom. The van der Waals surface area contributed by atoms with Crippen molar-refractivity contribution >= 4 is 17.6 Å². The number of β-amino-alcohol motifs (C(OH)–C–C–N with tert-alkyl or cyclic N) is 1. The summed E-state index contributed by atoms with van der Waals surface area (Å²) in [6, 6.07) is 1.95. The SMILES string of the molecule is CN1CCN(c2cc(N3CC[C@H](CO)[C@H](O)C3)nc(N)n2)CC1. The molecular formula is C15H26N6O2. The van der Waals surface area contributed by atoms with Crippen molar-refractivity contribution in [2.45, 2.75) is 12.5 Å². The molecule has 2 saturated heterocycles. The van der Waals surface area contributed by atoms with Crippen LogP contribution in [0.3, 0.4) is 0 Å². The number of hydrogen-bond donors (Lipinski definition) is 3. The van der Waals surface area contributed by atoms with E-state index in [4.69, 9.17) is 5.73 Å². The van der Waals surface area contributed by atoms with Crippen molar-refractivity contribution in [1.82, 2.24) is 14.9 Å². The van der Waals surface area contributed by atoms with Gasteiger partial charge in [0.1, 0.15) is 11.6 Å². The van der Waals surface area contributed by atoms with Gasteiger partial charge in [0, 0.05) is 57.9 Å². The molecule has 1 aromatic heterocycles. The van der Waals surface area contributed by atoms with Crippen LogP contribution in [0.25, 0.3) is 0 Å². The Labute approximate surface area is 136 Å². The van der Waals surface area contributed by atoms with E-state index in [2.05, 4.69) is 26.8 Å². The van der Waals surface area contributed by atoms with Crippen molar-refractivity contribution in [3.05, 3.63) is 6.07 Å². The molecule has 128 valence electrons. The Balaban J connectivity index is 1.75. The lowest BCUT2D eigenvalue weighted by atomic mass is 9.95. The van der Waals surface area contributed by atoms with Crippen LogP contribution in [0.2, 0.25) is 0 Å². The zero-order chi connectivity index (χ0) is 16.4. The van der Waals surface area contributed by atoms with Gasteiger partial charge in [-0.3, -0.25) is 0 Å². The van der Waals surface area contributed by atoms with E-state index < -0.39 is 6.10 Å². The maximum atomic E-state index is 10.1. The van der Waals surface area contributed by atoms with E-state index in [9.17, 15) is 10.2 Å². The fourth-order valence-electron chi connectivity index (χ4n) is 3.20. The maximum Gasteiger partial charge on any atom is 0.223 e. The van der Waals surface area contributed by atoms with E-state index in [1.165, 1.54) is 0 Å². The molecule has 3 heterocycles. The minimum Gasteiger partial charge on any atom is -0.396 e. The highest BCUT2D eigenvalue weighted by Gasteiger charge is 2.28. The van der Waals surface area contributed by atoms with E-state index in [-0.39, 0.29) is 18.5 Å². The Hall–Kier alpha value is -1.64. The molecule has 0 saturated carbocycles. The first-order valence-electron chi connectivity index (χ1n) is 8.18. The van der Waals surface area contributed by atoms with Gasteiger partial charge in [-0.1, -0.05) is 0 Å². The van der Waals surface area contributed by atoms with Crippen LogP contribution in [0.4, 0.5) is 17.6 Å². The number of rotatable bonds is 3. The number of piperidine rings is 1. The summed E-state index contributed by atoms with van der Waals surface area (Å²) in [5, 5.41) is 19.4. The Morgan fingerprint density at radius 2 is 1.78 bits per heavy atom. The number of aromatic nitrogens is 2. The first kappa shape index (κ1) is 16.2. The molecule has 0 spiro atoms. The van der Waals surface area contributed by atoms with Gasteiger partial charge in [-0.05, 0) is 13.5 Å². The summed E-state index contributed by atoms with van der Waals surface area (Å²) < 4.78 is 0. The molecule has 2 aliphatic rings. The molecule has 0 unspecified atom stereocenters. The molecule has 0 bridgehead atoms. The van der Waals surface area contributed by atoms with Crippen LogP contribution in [0.5, 0.6) is 0 Å². The summed E-state index contributed by atoms with van der Waals surface area (Å²) in [7, 11) is 2.11. The fourth-order valence-corrected chi connectivity index (χ4v) is 3.20. The molecule has 23 heavy (non-hydrogen) atoms. The lowest BCUT2D eigenvalue weighted by Gasteiger charge is -2.37. The average molecular weight is 322 g/mol. The minimum atomic E-state index is -0.544. The van der Waals surface area contributed by atoms with E-state index in [0.717, 1.165) is 50.8 Å². The fraction of sp³-hybridized carbons (Fsp3) is 0.733. The predicted molar refractivity (Wildman–Crippen MR) is 89.6 cm³/mol. The number of aliphatic hydroxyl groups excluding tert-OH is 2. The van der Waals surface area contributed by atoms with Crippen molar-refractivity contribution in [3.63, 3.8) is 0 Å². The molecule has 8 nitrogen and oxygen atoms in total. The minimum absolute atomic E-state index is 0.0213. The molecule has 2 atom stereocenters. The third-order valence-corrected chi connectivity index (χ3v) is 4.82. The number of nitrogens with two attached hydrogens (primary N) is 1. The van der Waals surface area contributed by atoms with Crippen LogP contribution in [0, 0.1) is 5.92 Å². The van der Waals surface area contributed by atoms with Crippen LogP contribution in [0.15, 0.2) is 6.07 Å². The number of nitrogens with zero attached hydrogens (tertiary/aromatic N) is 5. The Morgan fingerprint density at radius 3 is 2.39 bits per heavy atom. The molecule has 0 radical (unpaired) electrons. The summed E-state index contributed by atoms with van der Waals surface area (Å²) in [6.45, 7) is 5.07.